The Kier molecular flexibility index (Phi) is 5.55. The zero-order valence-corrected chi connectivity index (χ0v) is 13.4. The smallest absolute Gasteiger partial charge is 0.139 e. The zero-order chi connectivity index (χ0) is 14.5. The molecule has 0 aromatic heterocycles. The van der Waals surface area contributed by atoms with Crippen molar-refractivity contribution in [2.75, 3.05) is 32.1 Å². The second-order valence-electron chi connectivity index (χ2n) is 5.58. The summed E-state index contributed by atoms with van der Waals surface area (Å²) in [6.45, 7) is 8.09. The van der Waals surface area contributed by atoms with E-state index in [-0.39, 0.29) is 0 Å². The fourth-order valence-electron chi connectivity index (χ4n) is 2.92. The average molecular weight is 297 g/mol. The van der Waals surface area contributed by atoms with Crippen LogP contribution in [0.4, 0.5) is 5.69 Å². The predicted octanol–water partition coefficient (Wildman–Crippen LogP) is 3.88. The number of ether oxygens (including phenoxy) is 1. The first kappa shape index (κ1) is 15.5. The Morgan fingerprint density at radius 2 is 2.30 bits per heavy atom. The van der Waals surface area contributed by atoms with Crippen LogP contribution in [0.5, 0.6) is 5.75 Å². The van der Waals surface area contributed by atoms with Gasteiger partial charge in [-0.2, -0.15) is 0 Å². The van der Waals surface area contributed by atoms with Crippen LogP contribution in [0.3, 0.4) is 0 Å². The third-order valence-corrected chi connectivity index (χ3v) is 4.55. The van der Waals surface area contributed by atoms with E-state index in [4.69, 9.17) is 16.3 Å². The third kappa shape index (κ3) is 3.80. The fourth-order valence-corrected chi connectivity index (χ4v) is 3.11. The highest BCUT2D eigenvalue weighted by Gasteiger charge is 2.23. The van der Waals surface area contributed by atoms with Crippen LogP contribution in [0.1, 0.15) is 26.7 Å². The number of benzene rings is 1. The predicted molar refractivity (Wildman–Crippen MR) is 85.9 cm³/mol. The molecule has 0 radical (unpaired) electrons. The molecule has 2 unspecified atom stereocenters. The highest BCUT2D eigenvalue weighted by molar-refractivity contribution is 6.32. The summed E-state index contributed by atoms with van der Waals surface area (Å²) in [7, 11) is 1.65. The number of hydrogen-bond donors (Lipinski definition) is 1. The first-order valence-corrected chi connectivity index (χ1v) is 7.84. The SMILES string of the molecule is CCN1CCCC(C(C)Nc2ccc(Cl)c(OC)c2)C1. The Labute approximate surface area is 127 Å². The quantitative estimate of drug-likeness (QED) is 0.892. The molecule has 1 aromatic rings. The number of nitrogens with zero attached hydrogens (tertiary/aromatic N) is 1. The van der Waals surface area contributed by atoms with Crippen LogP contribution in [0.15, 0.2) is 18.2 Å². The van der Waals surface area contributed by atoms with Gasteiger partial charge in [0.05, 0.1) is 12.1 Å². The van der Waals surface area contributed by atoms with Crippen molar-refractivity contribution in [1.29, 1.82) is 0 Å². The van der Waals surface area contributed by atoms with Gasteiger partial charge in [0.15, 0.2) is 0 Å². The molecule has 2 rings (SSSR count). The van der Waals surface area contributed by atoms with Gasteiger partial charge in [0.1, 0.15) is 5.75 Å². The molecule has 2 atom stereocenters. The van der Waals surface area contributed by atoms with Crippen molar-refractivity contribution in [3.63, 3.8) is 0 Å². The summed E-state index contributed by atoms with van der Waals surface area (Å²) >= 11 is 6.06. The second kappa shape index (κ2) is 7.19. The van der Waals surface area contributed by atoms with Gasteiger partial charge < -0.3 is 15.0 Å². The van der Waals surface area contributed by atoms with Crippen LogP contribution in [0, 0.1) is 5.92 Å². The lowest BCUT2D eigenvalue weighted by Gasteiger charge is -2.35. The van der Waals surface area contributed by atoms with E-state index in [1.165, 1.54) is 25.9 Å². The Hall–Kier alpha value is -0.930. The minimum atomic E-state index is 0.454. The Bertz CT molecular complexity index is 438. The number of likely N-dealkylation sites (tertiary alicyclic amines) is 1. The van der Waals surface area contributed by atoms with Crippen LogP contribution in [0.25, 0.3) is 0 Å². The molecule has 112 valence electrons. The zero-order valence-electron chi connectivity index (χ0n) is 12.7. The molecule has 0 amide bonds. The maximum absolute atomic E-state index is 6.06. The van der Waals surface area contributed by atoms with Gasteiger partial charge in [-0.25, -0.2) is 0 Å². The van der Waals surface area contributed by atoms with Crippen molar-refractivity contribution in [3.05, 3.63) is 23.2 Å². The van der Waals surface area contributed by atoms with Crippen LogP contribution in [-0.4, -0.2) is 37.7 Å². The van der Waals surface area contributed by atoms with Gasteiger partial charge >= 0.3 is 0 Å². The molecule has 1 aliphatic heterocycles. The van der Waals surface area contributed by atoms with Crippen molar-refractivity contribution < 1.29 is 4.74 Å². The van der Waals surface area contributed by atoms with Gasteiger partial charge in [-0.3, -0.25) is 0 Å². The first-order chi connectivity index (χ1) is 9.63. The lowest BCUT2D eigenvalue weighted by atomic mass is 9.91. The van der Waals surface area contributed by atoms with Crippen LogP contribution >= 0.6 is 11.6 Å². The van der Waals surface area contributed by atoms with E-state index in [1.807, 2.05) is 18.2 Å². The van der Waals surface area contributed by atoms with Crippen LogP contribution < -0.4 is 10.1 Å². The molecule has 20 heavy (non-hydrogen) atoms. The summed E-state index contributed by atoms with van der Waals surface area (Å²) in [6.07, 6.45) is 2.60. The molecule has 0 bridgehead atoms. The van der Waals surface area contributed by atoms with Crippen molar-refractivity contribution in [2.24, 2.45) is 5.92 Å². The van der Waals surface area contributed by atoms with Gasteiger partial charge in [-0.1, -0.05) is 18.5 Å². The van der Waals surface area contributed by atoms with E-state index >= 15 is 0 Å². The molecule has 0 spiro atoms. The van der Waals surface area contributed by atoms with E-state index in [0.717, 1.165) is 18.0 Å². The van der Waals surface area contributed by atoms with Gasteiger partial charge in [0.2, 0.25) is 0 Å². The molecule has 1 heterocycles. The summed E-state index contributed by atoms with van der Waals surface area (Å²) in [5.41, 5.74) is 1.08. The molecule has 1 aromatic carbocycles. The van der Waals surface area contributed by atoms with E-state index in [9.17, 15) is 0 Å². The highest BCUT2D eigenvalue weighted by Crippen LogP contribution is 2.29. The molecular weight excluding hydrogens is 272 g/mol. The topological polar surface area (TPSA) is 24.5 Å². The van der Waals surface area contributed by atoms with E-state index < -0.39 is 0 Å². The fraction of sp³-hybridized carbons (Fsp3) is 0.625. The molecule has 3 nitrogen and oxygen atoms in total. The number of rotatable bonds is 5. The molecule has 0 saturated carbocycles. The Balaban J connectivity index is 1.98. The standard InChI is InChI=1S/C16H25ClN2O/c1-4-19-9-5-6-13(11-19)12(2)18-14-7-8-15(17)16(10-14)20-3/h7-8,10,12-13,18H,4-6,9,11H2,1-3H3. The van der Waals surface area contributed by atoms with Crippen molar-refractivity contribution >= 4 is 17.3 Å². The average Bonchev–Trinajstić information content (AvgIpc) is 2.49. The molecule has 0 aliphatic carbocycles. The van der Waals surface area contributed by atoms with Gasteiger partial charge in [0.25, 0.3) is 0 Å². The van der Waals surface area contributed by atoms with Gasteiger partial charge in [-0.15, -0.1) is 0 Å². The maximum Gasteiger partial charge on any atom is 0.139 e. The Morgan fingerprint density at radius 1 is 1.50 bits per heavy atom. The molecular formula is C16H25ClN2O. The largest absolute Gasteiger partial charge is 0.495 e. The summed E-state index contributed by atoms with van der Waals surface area (Å²) < 4.78 is 5.27. The summed E-state index contributed by atoms with van der Waals surface area (Å²) in [5, 5.41) is 4.25. The van der Waals surface area contributed by atoms with Crippen molar-refractivity contribution in [1.82, 2.24) is 4.90 Å². The van der Waals surface area contributed by atoms with Gasteiger partial charge in [0, 0.05) is 24.3 Å². The lowest BCUT2D eigenvalue weighted by molar-refractivity contribution is 0.172. The number of piperidine rings is 1. The summed E-state index contributed by atoms with van der Waals surface area (Å²) in [5.74, 6) is 1.42. The first-order valence-electron chi connectivity index (χ1n) is 7.46. The molecule has 1 aliphatic rings. The van der Waals surface area contributed by atoms with Crippen molar-refractivity contribution in [2.45, 2.75) is 32.7 Å². The third-order valence-electron chi connectivity index (χ3n) is 4.24. The molecule has 4 heteroatoms. The van der Waals surface area contributed by atoms with Crippen LogP contribution in [0.2, 0.25) is 5.02 Å². The van der Waals surface area contributed by atoms with Crippen molar-refractivity contribution in [3.8, 4) is 5.75 Å². The van der Waals surface area contributed by atoms with E-state index in [0.29, 0.717) is 17.0 Å². The number of hydrogen-bond acceptors (Lipinski definition) is 3. The number of halogens is 1. The Morgan fingerprint density at radius 3 is 3.00 bits per heavy atom. The number of nitrogens with one attached hydrogen (secondary N) is 1. The maximum atomic E-state index is 6.06. The van der Waals surface area contributed by atoms with Crippen LogP contribution in [-0.2, 0) is 0 Å². The highest BCUT2D eigenvalue weighted by atomic mass is 35.5. The number of anilines is 1. The summed E-state index contributed by atoms with van der Waals surface area (Å²) in [4.78, 5) is 2.54. The lowest BCUT2D eigenvalue weighted by Crippen LogP contribution is -2.41. The normalized spacial score (nSPS) is 21.5. The van der Waals surface area contributed by atoms with E-state index in [2.05, 4.69) is 24.1 Å². The minimum absolute atomic E-state index is 0.454. The molecule has 1 N–H and O–H groups in total. The van der Waals surface area contributed by atoms with Gasteiger partial charge in [-0.05, 0) is 50.9 Å². The number of methoxy groups -OCH3 is 1. The molecule has 1 saturated heterocycles. The monoisotopic (exact) mass is 296 g/mol. The van der Waals surface area contributed by atoms with E-state index in [1.54, 1.807) is 7.11 Å². The minimum Gasteiger partial charge on any atom is -0.495 e. The second-order valence-corrected chi connectivity index (χ2v) is 5.99. The summed E-state index contributed by atoms with van der Waals surface area (Å²) in [6, 6.07) is 6.32. The molecule has 1 fully saturated rings.